The van der Waals surface area contributed by atoms with Gasteiger partial charge in [-0.05, 0) is 38.6 Å². The highest BCUT2D eigenvalue weighted by molar-refractivity contribution is 5.79. The van der Waals surface area contributed by atoms with Gasteiger partial charge in [0.2, 0.25) is 5.91 Å². The minimum Gasteiger partial charge on any atom is -0.389 e. The molecule has 3 rings (SSSR count). The number of carbonyl (C=O) groups is 1. The zero-order valence-corrected chi connectivity index (χ0v) is 11.7. The maximum atomic E-state index is 12.5. The van der Waals surface area contributed by atoms with E-state index >= 15 is 0 Å². The van der Waals surface area contributed by atoms with Crippen LogP contribution in [-0.4, -0.2) is 47.7 Å². The molecule has 108 valence electrons. The fourth-order valence-corrected chi connectivity index (χ4v) is 4.09. The fourth-order valence-electron chi connectivity index (χ4n) is 4.09. The molecule has 2 aliphatic heterocycles. The predicted octanol–water partition coefficient (Wildman–Crippen LogP) is 1.14. The van der Waals surface area contributed by atoms with Crippen molar-refractivity contribution in [2.75, 3.05) is 26.2 Å². The van der Waals surface area contributed by atoms with Crippen LogP contribution < -0.4 is 5.32 Å². The maximum absolute atomic E-state index is 12.5. The molecule has 0 aromatic heterocycles. The Bertz CT molecular complexity index is 341. The van der Waals surface area contributed by atoms with Crippen LogP contribution in [0, 0.1) is 11.8 Å². The standard InChI is InChI=1S/C15H26N2O2/c18-14(12-4-3-8-16-10-12)17-9-7-15(19)6-2-1-5-13(15)11-17/h12-13,16,19H,1-11H2/t12-,13?,15?/m0/s1. The minimum absolute atomic E-state index is 0.170. The predicted molar refractivity (Wildman–Crippen MR) is 73.7 cm³/mol. The zero-order chi connectivity index (χ0) is 13.3. The van der Waals surface area contributed by atoms with Crippen LogP contribution in [0.25, 0.3) is 0 Å². The van der Waals surface area contributed by atoms with Crippen LogP contribution in [-0.2, 0) is 4.79 Å². The number of nitrogens with one attached hydrogen (secondary N) is 1. The third kappa shape index (κ3) is 2.65. The molecule has 2 saturated heterocycles. The molecule has 1 aliphatic carbocycles. The molecule has 0 aromatic carbocycles. The molecule has 1 amide bonds. The number of likely N-dealkylation sites (tertiary alicyclic amines) is 1. The number of amides is 1. The number of fused-ring (bicyclic) bond motifs is 1. The van der Waals surface area contributed by atoms with E-state index in [1.165, 1.54) is 6.42 Å². The number of aliphatic hydroxyl groups is 1. The minimum atomic E-state index is -0.472. The van der Waals surface area contributed by atoms with Crippen molar-refractivity contribution < 1.29 is 9.90 Å². The van der Waals surface area contributed by atoms with Gasteiger partial charge in [0.05, 0.1) is 11.5 Å². The molecular weight excluding hydrogens is 240 g/mol. The first kappa shape index (κ1) is 13.4. The van der Waals surface area contributed by atoms with E-state index < -0.39 is 5.60 Å². The number of carbonyl (C=O) groups excluding carboxylic acids is 1. The van der Waals surface area contributed by atoms with E-state index in [9.17, 15) is 9.90 Å². The maximum Gasteiger partial charge on any atom is 0.226 e. The van der Waals surface area contributed by atoms with E-state index in [2.05, 4.69) is 5.32 Å². The molecule has 3 aliphatic rings. The van der Waals surface area contributed by atoms with Crippen LogP contribution in [0.2, 0.25) is 0 Å². The summed E-state index contributed by atoms with van der Waals surface area (Å²) in [7, 11) is 0. The average Bonchev–Trinajstić information content (AvgIpc) is 2.46. The van der Waals surface area contributed by atoms with Crippen molar-refractivity contribution in [3.05, 3.63) is 0 Å². The van der Waals surface area contributed by atoms with Gasteiger partial charge in [0.15, 0.2) is 0 Å². The largest absolute Gasteiger partial charge is 0.389 e. The van der Waals surface area contributed by atoms with Gasteiger partial charge in [-0.1, -0.05) is 12.8 Å². The quantitative estimate of drug-likeness (QED) is 0.748. The van der Waals surface area contributed by atoms with Gasteiger partial charge in [0, 0.05) is 25.6 Å². The van der Waals surface area contributed by atoms with Crippen molar-refractivity contribution in [3.8, 4) is 0 Å². The summed E-state index contributed by atoms with van der Waals surface area (Å²) in [5, 5.41) is 14.0. The van der Waals surface area contributed by atoms with Crippen molar-refractivity contribution in [1.29, 1.82) is 0 Å². The van der Waals surface area contributed by atoms with E-state index in [1.807, 2.05) is 4.90 Å². The number of piperidine rings is 2. The van der Waals surface area contributed by atoms with Crippen molar-refractivity contribution in [1.82, 2.24) is 10.2 Å². The summed E-state index contributed by atoms with van der Waals surface area (Å²) in [6, 6.07) is 0. The second-order valence-electron chi connectivity index (χ2n) is 6.62. The van der Waals surface area contributed by atoms with Crippen LogP contribution in [0.15, 0.2) is 0 Å². The Labute approximate surface area is 115 Å². The smallest absolute Gasteiger partial charge is 0.226 e. The van der Waals surface area contributed by atoms with E-state index in [1.54, 1.807) is 0 Å². The highest BCUT2D eigenvalue weighted by Gasteiger charge is 2.44. The molecule has 0 bridgehead atoms. The summed E-state index contributed by atoms with van der Waals surface area (Å²) in [5.41, 5.74) is -0.472. The molecule has 0 radical (unpaired) electrons. The van der Waals surface area contributed by atoms with Crippen molar-refractivity contribution in [2.45, 2.75) is 50.5 Å². The van der Waals surface area contributed by atoms with Gasteiger partial charge in [-0.15, -0.1) is 0 Å². The lowest BCUT2D eigenvalue weighted by molar-refractivity contribution is -0.147. The summed E-state index contributed by atoms with van der Waals surface area (Å²) in [5.74, 6) is 0.804. The first-order valence-electron chi connectivity index (χ1n) is 7.91. The summed E-state index contributed by atoms with van der Waals surface area (Å²) in [6.07, 6.45) is 7.29. The molecule has 2 heterocycles. The van der Waals surface area contributed by atoms with E-state index in [0.29, 0.717) is 11.8 Å². The second-order valence-corrected chi connectivity index (χ2v) is 6.62. The van der Waals surface area contributed by atoms with Gasteiger partial charge in [0.1, 0.15) is 0 Å². The first-order chi connectivity index (χ1) is 9.19. The highest BCUT2D eigenvalue weighted by atomic mass is 16.3. The molecular formula is C15H26N2O2. The monoisotopic (exact) mass is 266 g/mol. The molecule has 2 N–H and O–H groups in total. The van der Waals surface area contributed by atoms with Crippen LogP contribution in [0.5, 0.6) is 0 Å². The van der Waals surface area contributed by atoms with E-state index in [4.69, 9.17) is 0 Å². The molecule has 0 spiro atoms. The summed E-state index contributed by atoms with van der Waals surface area (Å²) >= 11 is 0. The van der Waals surface area contributed by atoms with Gasteiger partial charge in [0.25, 0.3) is 0 Å². The van der Waals surface area contributed by atoms with Crippen LogP contribution >= 0.6 is 0 Å². The van der Waals surface area contributed by atoms with Gasteiger partial charge < -0.3 is 15.3 Å². The Morgan fingerprint density at radius 2 is 2.11 bits per heavy atom. The van der Waals surface area contributed by atoms with Crippen molar-refractivity contribution in [2.24, 2.45) is 11.8 Å². The summed E-state index contributed by atoms with van der Waals surface area (Å²) in [6.45, 7) is 3.42. The highest BCUT2D eigenvalue weighted by Crippen LogP contribution is 2.40. The van der Waals surface area contributed by atoms with Crippen molar-refractivity contribution >= 4 is 5.91 Å². The number of hydrogen-bond acceptors (Lipinski definition) is 3. The van der Waals surface area contributed by atoms with Gasteiger partial charge >= 0.3 is 0 Å². The molecule has 0 aromatic rings. The first-order valence-corrected chi connectivity index (χ1v) is 7.91. The van der Waals surface area contributed by atoms with Gasteiger partial charge in [-0.2, -0.15) is 0 Å². The summed E-state index contributed by atoms with van der Waals surface area (Å²) < 4.78 is 0. The number of rotatable bonds is 1. The molecule has 3 fully saturated rings. The Morgan fingerprint density at radius 3 is 2.89 bits per heavy atom. The number of hydrogen-bond donors (Lipinski definition) is 2. The molecule has 1 saturated carbocycles. The lowest BCUT2D eigenvalue weighted by atomic mass is 9.71. The topological polar surface area (TPSA) is 52.6 Å². The Kier molecular flexibility index (Phi) is 3.81. The van der Waals surface area contributed by atoms with Crippen LogP contribution in [0.3, 0.4) is 0 Å². The Morgan fingerprint density at radius 1 is 1.21 bits per heavy atom. The van der Waals surface area contributed by atoms with Crippen LogP contribution in [0.4, 0.5) is 0 Å². The van der Waals surface area contributed by atoms with Gasteiger partial charge in [-0.25, -0.2) is 0 Å². The molecule has 2 unspecified atom stereocenters. The Balaban J connectivity index is 1.62. The average molecular weight is 266 g/mol. The second kappa shape index (κ2) is 5.41. The summed E-state index contributed by atoms with van der Waals surface area (Å²) in [4.78, 5) is 14.6. The molecule has 19 heavy (non-hydrogen) atoms. The molecule has 4 heteroatoms. The molecule has 4 nitrogen and oxygen atoms in total. The third-order valence-electron chi connectivity index (χ3n) is 5.39. The fraction of sp³-hybridized carbons (Fsp3) is 0.933. The van der Waals surface area contributed by atoms with Crippen LogP contribution in [0.1, 0.15) is 44.9 Å². The van der Waals surface area contributed by atoms with Crippen molar-refractivity contribution in [3.63, 3.8) is 0 Å². The molecule has 3 atom stereocenters. The normalized spacial score (nSPS) is 39.7. The lowest BCUT2D eigenvalue weighted by Crippen LogP contribution is -2.56. The lowest BCUT2D eigenvalue weighted by Gasteiger charge is -2.48. The zero-order valence-electron chi connectivity index (χ0n) is 11.7. The van der Waals surface area contributed by atoms with E-state index in [-0.39, 0.29) is 5.92 Å². The SMILES string of the molecule is O=C([C@H]1CCCNC1)N1CCC2(O)CCCCC2C1. The van der Waals surface area contributed by atoms with Gasteiger partial charge in [-0.3, -0.25) is 4.79 Å². The number of nitrogens with zero attached hydrogens (tertiary/aromatic N) is 1. The third-order valence-corrected chi connectivity index (χ3v) is 5.39. The Hall–Kier alpha value is -0.610. The van der Waals surface area contributed by atoms with E-state index in [0.717, 1.165) is 64.7 Å².